The molecule has 72 valence electrons. The highest BCUT2D eigenvalue weighted by Gasteiger charge is 2.24. The van der Waals surface area contributed by atoms with Crippen LogP contribution in [0.5, 0.6) is 0 Å². The Morgan fingerprint density at radius 1 is 1.62 bits per heavy atom. The molecule has 1 nitrogen and oxygen atoms in total. The lowest BCUT2D eigenvalue weighted by Gasteiger charge is -2.10. The molecule has 1 rings (SSSR count). The maximum absolute atomic E-state index is 8.53. The second kappa shape index (κ2) is 5.51. The molecule has 1 saturated carbocycles. The molecule has 1 N–H and O–H groups in total. The fourth-order valence-electron chi connectivity index (χ4n) is 0.901. The predicted molar refractivity (Wildman–Crippen MR) is 63.5 cm³/mol. The third-order valence-electron chi connectivity index (χ3n) is 1.76. The van der Waals surface area contributed by atoms with Crippen molar-refractivity contribution in [3.63, 3.8) is 0 Å². The summed E-state index contributed by atoms with van der Waals surface area (Å²) < 4.78 is 0. The lowest BCUT2D eigenvalue weighted by atomic mass is 10.5. The van der Waals surface area contributed by atoms with E-state index >= 15 is 0 Å². The van der Waals surface area contributed by atoms with Gasteiger partial charge in [0.25, 0.3) is 0 Å². The Morgan fingerprint density at radius 2 is 2.31 bits per heavy atom. The Hall–Kier alpha value is -0.200. The first-order valence-corrected chi connectivity index (χ1v) is 7.59. The second-order valence-electron chi connectivity index (χ2n) is 2.94. The van der Waals surface area contributed by atoms with Crippen LogP contribution in [0.4, 0.5) is 0 Å². The molecule has 1 fully saturated rings. The molecule has 0 aromatic rings. The molecule has 0 aliphatic heterocycles. The largest absolute Gasteiger partial charge is 0.516 e. The van der Waals surface area contributed by atoms with Gasteiger partial charge in [-0.2, -0.15) is 0 Å². The summed E-state index contributed by atoms with van der Waals surface area (Å²) in [4.78, 5) is 0. The molecule has 1 atom stereocenters. The fraction of sp³-hybridized carbons (Fsp3) is 0.400. The van der Waals surface area contributed by atoms with Crippen LogP contribution in [0.15, 0.2) is 36.4 Å². The summed E-state index contributed by atoms with van der Waals surface area (Å²) in [5, 5.41) is 10.7. The molecule has 0 aromatic heterocycles. The van der Waals surface area contributed by atoms with Gasteiger partial charge in [0, 0.05) is 5.25 Å². The van der Waals surface area contributed by atoms with Crippen molar-refractivity contribution < 1.29 is 5.11 Å². The van der Waals surface area contributed by atoms with Crippen LogP contribution in [0.1, 0.15) is 12.8 Å². The van der Waals surface area contributed by atoms with Crippen LogP contribution in [0.2, 0.25) is 0 Å². The number of aliphatic hydroxyl groups excluding tert-OH is 1. The maximum Gasteiger partial charge on any atom is 0.0791 e. The molecule has 0 spiro atoms. The van der Waals surface area contributed by atoms with Crippen LogP contribution in [-0.4, -0.2) is 17.0 Å². The minimum Gasteiger partial charge on any atom is -0.516 e. The van der Waals surface area contributed by atoms with Crippen molar-refractivity contribution in [1.29, 1.82) is 0 Å². The van der Waals surface area contributed by atoms with E-state index in [1.165, 1.54) is 18.2 Å². The van der Waals surface area contributed by atoms with E-state index in [-0.39, 0.29) is 7.12 Å². The normalized spacial score (nSPS) is 20.5. The van der Waals surface area contributed by atoms with Gasteiger partial charge in [-0.25, -0.2) is 0 Å². The first-order chi connectivity index (χ1) is 6.27. The zero-order chi connectivity index (χ0) is 9.68. The van der Waals surface area contributed by atoms with Crippen molar-refractivity contribution >= 4 is 18.5 Å². The lowest BCUT2D eigenvalue weighted by Crippen LogP contribution is -1.74. The zero-order valence-corrected chi connectivity index (χ0v) is 9.52. The van der Waals surface area contributed by atoms with Gasteiger partial charge in [0.15, 0.2) is 0 Å². The van der Waals surface area contributed by atoms with Gasteiger partial charge in [0.2, 0.25) is 0 Å². The van der Waals surface area contributed by atoms with Crippen LogP contribution in [0.3, 0.4) is 0 Å². The topological polar surface area (TPSA) is 20.2 Å². The van der Waals surface area contributed by atoms with Gasteiger partial charge in [-0.15, -0.1) is 11.4 Å². The average Bonchev–Trinajstić information content (AvgIpc) is 2.90. The molecule has 3 heteroatoms. The van der Waals surface area contributed by atoms with Crippen molar-refractivity contribution in [1.82, 2.24) is 0 Å². The van der Waals surface area contributed by atoms with Gasteiger partial charge in [-0.3, -0.25) is 0 Å². The molecule has 0 radical (unpaired) electrons. The third kappa shape index (κ3) is 4.02. The summed E-state index contributed by atoms with van der Waals surface area (Å²) >= 11 is 2.06. The van der Waals surface area contributed by atoms with Gasteiger partial charge in [0.1, 0.15) is 0 Å². The Morgan fingerprint density at radius 3 is 2.77 bits per heavy atom. The van der Waals surface area contributed by atoms with Crippen LogP contribution in [0, 0.1) is 0 Å². The van der Waals surface area contributed by atoms with E-state index < -0.39 is 0 Å². The van der Waals surface area contributed by atoms with Crippen molar-refractivity contribution in [3.05, 3.63) is 36.4 Å². The van der Waals surface area contributed by atoms with Crippen LogP contribution in [0.25, 0.3) is 0 Å². The van der Waals surface area contributed by atoms with Crippen molar-refractivity contribution in [2.24, 2.45) is 0 Å². The predicted octanol–water partition coefficient (Wildman–Crippen LogP) is 4.05. The van der Waals surface area contributed by atoms with Gasteiger partial charge >= 0.3 is 0 Å². The monoisotopic (exact) mass is 214 g/mol. The van der Waals surface area contributed by atoms with Gasteiger partial charge < -0.3 is 5.11 Å². The molecule has 0 bridgehead atoms. The third-order valence-corrected chi connectivity index (χ3v) is 6.38. The summed E-state index contributed by atoms with van der Waals surface area (Å²) in [7, 11) is -0.135. The lowest BCUT2D eigenvalue weighted by molar-refractivity contribution is 0.473. The van der Waals surface area contributed by atoms with E-state index in [2.05, 4.69) is 24.6 Å². The summed E-state index contributed by atoms with van der Waals surface area (Å²) in [5.41, 5.74) is 0. The van der Waals surface area contributed by atoms with Crippen LogP contribution in [-0.2, 0) is 0 Å². The molecule has 0 saturated heterocycles. The number of rotatable bonds is 5. The SMILES string of the molecule is C=C/C(=C\C=C\O)P(C)SC1CC1. The van der Waals surface area contributed by atoms with E-state index in [0.717, 1.165) is 11.5 Å². The zero-order valence-electron chi connectivity index (χ0n) is 7.81. The molecular formula is C10H15OPS. The summed E-state index contributed by atoms with van der Waals surface area (Å²) in [6.45, 7) is 6.03. The second-order valence-corrected chi connectivity index (χ2v) is 7.60. The van der Waals surface area contributed by atoms with Gasteiger partial charge in [-0.05, 0) is 38.0 Å². The number of aliphatic hydroxyl groups is 1. The van der Waals surface area contributed by atoms with Crippen molar-refractivity contribution in [3.8, 4) is 0 Å². The van der Waals surface area contributed by atoms with E-state index in [1.807, 2.05) is 12.2 Å². The smallest absolute Gasteiger partial charge is 0.0791 e. The van der Waals surface area contributed by atoms with E-state index in [4.69, 9.17) is 5.11 Å². The summed E-state index contributed by atoms with van der Waals surface area (Å²) in [5.74, 6) is 0. The minimum atomic E-state index is -0.135. The van der Waals surface area contributed by atoms with E-state index in [9.17, 15) is 0 Å². The highest BCUT2D eigenvalue weighted by Crippen LogP contribution is 2.60. The highest BCUT2D eigenvalue weighted by molar-refractivity contribution is 8.57. The molecule has 1 aliphatic carbocycles. The molecule has 0 aromatic carbocycles. The Balaban J connectivity index is 2.47. The number of hydrogen-bond donors (Lipinski definition) is 1. The molecule has 1 unspecified atom stereocenters. The molecule has 0 amide bonds. The maximum atomic E-state index is 8.53. The molecule has 0 heterocycles. The van der Waals surface area contributed by atoms with E-state index in [1.54, 1.807) is 6.08 Å². The first kappa shape index (κ1) is 10.9. The molecule has 13 heavy (non-hydrogen) atoms. The van der Waals surface area contributed by atoms with Gasteiger partial charge in [0.05, 0.1) is 6.26 Å². The van der Waals surface area contributed by atoms with E-state index in [0.29, 0.717) is 0 Å². The summed E-state index contributed by atoms with van der Waals surface area (Å²) in [6.07, 6.45) is 9.29. The highest BCUT2D eigenvalue weighted by atomic mass is 32.7. The van der Waals surface area contributed by atoms with Crippen molar-refractivity contribution in [2.45, 2.75) is 18.1 Å². The fourth-order valence-corrected chi connectivity index (χ4v) is 5.12. The molecule has 1 aliphatic rings. The van der Waals surface area contributed by atoms with Gasteiger partial charge in [-0.1, -0.05) is 18.7 Å². The summed E-state index contributed by atoms with van der Waals surface area (Å²) in [6, 6.07) is 0. The molecular weight excluding hydrogens is 199 g/mol. The average molecular weight is 214 g/mol. The number of allylic oxidation sites excluding steroid dienone is 4. The Bertz CT molecular complexity index is 231. The van der Waals surface area contributed by atoms with Crippen LogP contribution < -0.4 is 0 Å². The standard InChI is InChI=1S/C10H15OPS/c1-3-9(5-4-8-11)12(2)13-10-6-7-10/h3-5,8,10-11H,1,6-7H2,2H3/b8-4+,9-5+. The van der Waals surface area contributed by atoms with Crippen molar-refractivity contribution in [2.75, 3.05) is 6.66 Å². The number of hydrogen-bond acceptors (Lipinski definition) is 2. The minimum absolute atomic E-state index is 0.135. The first-order valence-electron chi connectivity index (χ1n) is 4.32. The van der Waals surface area contributed by atoms with Crippen LogP contribution >= 0.6 is 18.5 Å². The Kier molecular flexibility index (Phi) is 4.61. The quantitative estimate of drug-likeness (QED) is 0.423. The Labute approximate surface area is 85.1 Å².